The number of pyridine rings is 1. The molecular weight excluding hydrogens is 361 g/mol. The van der Waals surface area contributed by atoms with Crippen molar-refractivity contribution < 1.29 is 28.9 Å². The van der Waals surface area contributed by atoms with Crippen LogP contribution in [0.1, 0.15) is 20.7 Å². The van der Waals surface area contributed by atoms with Gasteiger partial charge in [0.15, 0.2) is 0 Å². The van der Waals surface area contributed by atoms with Crippen LogP contribution in [0.4, 0.5) is 15.9 Å². The molecule has 0 atom stereocenters. The topological polar surface area (TPSA) is 146 Å². The lowest BCUT2D eigenvalue weighted by Crippen LogP contribution is -2.36. The highest BCUT2D eigenvalue weighted by molar-refractivity contribution is 6.08. The second-order valence-corrected chi connectivity index (χ2v) is 5.86. The summed E-state index contributed by atoms with van der Waals surface area (Å²) in [6, 6.07) is 3.58. The van der Waals surface area contributed by atoms with E-state index in [1.165, 1.54) is 12.1 Å². The number of morpholine rings is 1. The number of nitrogens with one attached hydrogen (secondary N) is 1. The van der Waals surface area contributed by atoms with Crippen molar-refractivity contribution in [1.29, 1.82) is 0 Å². The maximum Gasteiger partial charge on any atom is 0.342 e. The van der Waals surface area contributed by atoms with Gasteiger partial charge in [-0.3, -0.25) is 4.79 Å². The fourth-order valence-corrected chi connectivity index (χ4v) is 3.10. The van der Waals surface area contributed by atoms with Crippen LogP contribution in [-0.4, -0.2) is 53.4 Å². The molecule has 27 heavy (non-hydrogen) atoms. The Morgan fingerprint density at radius 3 is 2.37 bits per heavy atom. The molecule has 5 N–H and O–H groups in total. The van der Waals surface area contributed by atoms with Gasteiger partial charge in [-0.2, -0.15) is 0 Å². The van der Waals surface area contributed by atoms with Crippen molar-refractivity contribution in [3.8, 4) is 11.1 Å². The predicted octanol–water partition coefficient (Wildman–Crippen LogP) is 0.996. The monoisotopic (exact) mass is 377 g/mol. The Kier molecular flexibility index (Phi) is 4.82. The lowest BCUT2D eigenvalue weighted by molar-refractivity contribution is 0.0695. The number of aromatic amines is 1. The molecular formula is C17H16FN3O6. The summed E-state index contributed by atoms with van der Waals surface area (Å²) in [6.45, 7) is 1.65. The molecule has 0 radical (unpaired) electrons. The van der Waals surface area contributed by atoms with Gasteiger partial charge in [0, 0.05) is 29.9 Å². The molecule has 1 aliphatic heterocycles. The maximum atomic E-state index is 14.0. The Labute approximate surface area is 151 Å². The van der Waals surface area contributed by atoms with Gasteiger partial charge in [0.2, 0.25) is 0 Å². The van der Waals surface area contributed by atoms with Crippen molar-refractivity contribution in [2.45, 2.75) is 0 Å². The van der Waals surface area contributed by atoms with Crippen molar-refractivity contribution in [2.24, 2.45) is 0 Å². The number of anilines is 2. The summed E-state index contributed by atoms with van der Waals surface area (Å²) < 4.78 is 19.3. The molecule has 10 heteroatoms. The van der Waals surface area contributed by atoms with Crippen LogP contribution in [0.5, 0.6) is 0 Å². The van der Waals surface area contributed by atoms with E-state index in [-0.39, 0.29) is 5.56 Å². The van der Waals surface area contributed by atoms with E-state index in [0.717, 1.165) is 6.07 Å². The Morgan fingerprint density at radius 2 is 1.78 bits per heavy atom. The minimum Gasteiger partial charge on any atom is -0.478 e. The lowest BCUT2D eigenvalue weighted by atomic mass is 9.93. The van der Waals surface area contributed by atoms with E-state index in [1.54, 1.807) is 4.90 Å². The Bertz CT molecular complexity index is 981. The summed E-state index contributed by atoms with van der Waals surface area (Å²) in [7, 11) is 0. The zero-order valence-corrected chi connectivity index (χ0v) is 14.0. The van der Waals surface area contributed by atoms with Crippen LogP contribution >= 0.6 is 0 Å². The molecule has 0 bridgehead atoms. The van der Waals surface area contributed by atoms with Crippen LogP contribution in [0.3, 0.4) is 0 Å². The van der Waals surface area contributed by atoms with E-state index in [9.17, 15) is 29.0 Å². The highest BCUT2D eigenvalue weighted by Crippen LogP contribution is 2.37. The number of rotatable bonds is 4. The molecule has 1 aliphatic rings. The van der Waals surface area contributed by atoms with Gasteiger partial charge in [-0.15, -0.1) is 0 Å². The molecule has 2 heterocycles. The summed E-state index contributed by atoms with van der Waals surface area (Å²) >= 11 is 0. The molecule has 0 saturated carbocycles. The highest BCUT2D eigenvalue weighted by atomic mass is 19.1. The minimum atomic E-state index is -1.65. The largest absolute Gasteiger partial charge is 0.478 e. The standard InChI is InChI=1S/C17H16FN3O6/c18-8-1-2-10(21-3-5-27-6-4-21)9(7-8)11-12(16(23)24)14(19)20-15(22)13(11)17(25)26/h1-2,7H,3-6H2,(H,23,24)(H,25,26)(H3,19,20,22). The first-order chi connectivity index (χ1) is 12.8. The van der Waals surface area contributed by atoms with Crippen LogP contribution in [0.2, 0.25) is 0 Å². The third-order valence-corrected chi connectivity index (χ3v) is 4.25. The molecule has 1 saturated heterocycles. The highest BCUT2D eigenvalue weighted by Gasteiger charge is 2.29. The number of nitrogens with two attached hydrogens (primary N) is 1. The summed E-state index contributed by atoms with van der Waals surface area (Å²) in [5.41, 5.74) is 3.06. The maximum absolute atomic E-state index is 14.0. The van der Waals surface area contributed by atoms with Gasteiger partial charge in [0.1, 0.15) is 22.8 Å². The summed E-state index contributed by atoms with van der Waals surface area (Å²) in [5.74, 6) is -4.41. The van der Waals surface area contributed by atoms with E-state index >= 15 is 0 Å². The molecule has 2 aromatic rings. The Hall–Kier alpha value is -3.40. The summed E-state index contributed by atoms with van der Waals surface area (Å²) in [6.07, 6.45) is 0. The zero-order valence-electron chi connectivity index (χ0n) is 14.0. The van der Waals surface area contributed by atoms with Crippen LogP contribution in [0.25, 0.3) is 11.1 Å². The first-order valence-corrected chi connectivity index (χ1v) is 7.96. The number of nitrogen functional groups attached to an aromatic ring is 1. The number of ether oxygens (including phenoxy) is 1. The van der Waals surface area contributed by atoms with Crippen LogP contribution < -0.4 is 16.2 Å². The smallest absolute Gasteiger partial charge is 0.342 e. The van der Waals surface area contributed by atoms with Gasteiger partial charge in [-0.1, -0.05) is 0 Å². The second kappa shape index (κ2) is 7.08. The first kappa shape index (κ1) is 18.4. The van der Waals surface area contributed by atoms with Gasteiger partial charge in [-0.25, -0.2) is 14.0 Å². The molecule has 0 unspecified atom stereocenters. The van der Waals surface area contributed by atoms with Crippen molar-refractivity contribution >= 4 is 23.4 Å². The molecule has 0 spiro atoms. The summed E-state index contributed by atoms with van der Waals surface area (Å²) in [4.78, 5) is 39.5. The third kappa shape index (κ3) is 3.34. The SMILES string of the molecule is Nc1[nH]c(=O)c(C(=O)O)c(-c2cc(F)ccc2N2CCOCC2)c1C(=O)O. The number of carboxylic acids is 2. The quantitative estimate of drug-likeness (QED) is 0.617. The number of nitrogens with zero attached hydrogens (tertiary/aromatic N) is 1. The van der Waals surface area contributed by atoms with Crippen molar-refractivity contribution in [3.05, 3.63) is 45.5 Å². The number of hydrogen-bond acceptors (Lipinski definition) is 6. The third-order valence-electron chi connectivity index (χ3n) is 4.25. The molecule has 1 aromatic heterocycles. The average Bonchev–Trinajstić information content (AvgIpc) is 2.60. The van der Waals surface area contributed by atoms with Crippen LogP contribution in [-0.2, 0) is 4.74 Å². The molecule has 0 amide bonds. The van der Waals surface area contributed by atoms with Gasteiger partial charge in [-0.05, 0) is 18.2 Å². The van der Waals surface area contributed by atoms with Crippen molar-refractivity contribution in [2.75, 3.05) is 36.9 Å². The number of carboxylic acid groups (broad SMARTS) is 2. The number of benzene rings is 1. The Morgan fingerprint density at radius 1 is 1.15 bits per heavy atom. The van der Waals surface area contributed by atoms with Crippen LogP contribution in [0, 0.1) is 5.82 Å². The number of carbonyl (C=O) groups is 2. The molecule has 9 nitrogen and oxygen atoms in total. The fourth-order valence-electron chi connectivity index (χ4n) is 3.10. The molecule has 0 aliphatic carbocycles. The molecule has 1 fully saturated rings. The fraction of sp³-hybridized carbons (Fsp3) is 0.235. The molecule has 142 valence electrons. The zero-order chi connectivity index (χ0) is 19.7. The van der Waals surface area contributed by atoms with Crippen molar-refractivity contribution in [3.63, 3.8) is 0 Å². The van der Waals surface area contributed by atoms with Gasteiger partial charge in [0.25, 0.3) is 5.56 Å². The second-order valence-electron chi connectivity index (χ2n) is 5.86. The van der Waals surface area contributed by atoms with E-state index in [0.29, 0.717) is 32.0 Å². The first-order valence-electron chi connectivity index (χ1n) is 7.96. The number of H-pyrrole nitrogens is 1. The van der Waals surface area contributed by atoms with E-state index in [2.05, 4.69) is 0 Å². The molecule has 1 aromatic carbocycles. The van der Waals surface area contributed by atoms with Gasteiger partial charge >= 0.3 is 11.9 Å². The lowest BCUT2D eigenvalue weighted by Gasteiger charge is -2.31. The normalized spacial score (nSPS) is 14.2. The average molecular weight is 377 g/mol. The minimum absolute atomic E-state index is 0.0375. The number of aromatic nitrogens is 1. The number of aromatic carboxylic acids is 2. The predicted molar refractivity (Wildman–Crippen MR) is 93.8 cm³/mol. The van der Waals surface area contributed by atoms with Gasteiger partial charge < -0.3 is 30.6 Å². The van der Waals surface area contributed by atoms with E-state index < -0.39 is 45.8 Å². The van der Waals surface area contributed by atoms with Crippen LogP contribution in [0.15, 0.2) is 23.0 Å². The van der Waals surface area contributed by atoms with E-state index in [1.807, 2.05) is 4.98 Å². The molecule has 3 rings (SSSR count). The summed E-state index contributed by atoms with van der Waals surface area (Å²) in [5, 5.41) is 19.0. The van der Waals surface area contributed by atoms with Gasteiger partial charge in [0.05, 0.1) is 13.2 Å². The number of hydrogen-bond donors (Lipinski definition) is 4. The Balaban J connectivity index is 2.40. The van der Waals surface area contributed by atoms with E-state index in [4.69, 9.17) is 10.5 Å². The number of halogens is 1. The van der Waals surface area contributed by atoms with Crippen molar-refractivity contribution in [1.82, 2.24) is 4.98 Å².